The zero-order valence-corrected chi connectivity index (χ0v) is 15.1. The van der Waals surface area contributed by atoms with E-state index >= 15 is 0 Å². The number of anilines is 1. The summed E-state index contributed by atoms with van der Waals surface area (Å²) in [6.45, 7) is 0.246. The van der Waals surface area contributed by atoms with Gasteiger partial charge in [0.15, 0.2) is 0 Å². The zero-order valence-electron chi connectivity index (χ0n) is 15.1. The van der Waals surface area contributed by atoms with E-state index in [0.717, 1.165) is 5.56 Å². The van der Waals surface area contributed by atoms with Crippen LogP contribution >= 0.6 is 0 Å². The maximum Gasteiger partial charge on any atom is 0.274 e. The molecule has 142 valence electrons. The Morgan fingerprint density at radius 2 is 1.61 bits per heavy atom. The van der Waals surface area contributed by atoms with Crippen molar-refractivity contribution in [2.75, 3.05) is 12.4 Å². The third kappa shape index (κ3) is 4.50. The second kappa shape index (κ2) is 8.77. The lowest BCUT2D eigenvalue weighted by molar-refractivity contribution is 0.0945. The first-order chi connectivity index (χ1) is 13.6. The second-order valence-corrected chi connectivity index (χ2v) is 5.84. The van der Waals surface area contributed by atoms with E-state index < -0.39 is 17.6 Å². The summed E-state index contributed by atoms with van der Waals surface area (Å²) in [6, 6.07) is 17.6. The van der Waals surface area contributed by atoms with Crippen LogP contribution in [0.4, 0.5) is 10.1 Å². The van der Waals surface area contributed by atoms with Gasteiger partial charge in [0.2, 0.25) is 0 Å². The lowest BCUT2D eigenvalue weighted by Gasteiger charge is -2.10. The van der Waals surface area contributed by atoms with Crippen molar-refractivity contribution in [2.24, 2.45) is 0 Å². The lowest BCUT2D eigenvalue weighted by atomic mass is 10.2. The molecule has 0 atom stereocenters. The van der Waals surface area contributed by atoms with Crippen LogP contribution in [0.25, 0.3) is 0 Å². The first kappa shape index (κ1) is 19.0. The van der Waals surface area contributed by atoms with Gasteiger partial charge in [-0.1, -0.05) is 36.4 Å². The van der Waals surface area contributed by atoms with E-state index in [-0.39, 0.29) is 23.6 Å². The fraction of sp³-hybridized carbons (Fsp3) is 0.0952. The molecule has 2 aromatic carbocycles. The van der Waals surface area contributed by atoms with Gasteiger partial charge in [0, 0.05) is 12.1 Å². The molecule has 0 aliphatic carbocycles. The quantitative estimate of drug-likeness (QED) is 0.688. The molecule has 0 fully saturated rings. The Morgan fingerprint density at radius 1 is 0.929 bits per heavy atom. The first-order valence-electron chi connectivity index (χ1n) is 8.51. The Labute approximate surface area is 161 Å². The molecule has 3 rings (SSSR count). The Bertz CT molecular complexity index is 1010. The summed E-state index contributed by atoms with van der Waals surface area (Å²) in [5, 5.41) is 5.18. The molecule has 2 N–H and O–H groups in total. The topological polar surface area (TPSA) is 80.3 Å². The molecule has 0 saturated heterocycles. The maximum absolute atomic E-state index is 13.7. The molecule has 1 aromatic heterocycles. The standard InChI is InChI=1S/C21H18FN3O3/c1-28-19-12-5-2-7-14(19)13-23-20(26)17-10-6-11-18(24-17)21(27)25-16-9-4-3-8-15(16)22/h2-12H,13H2,1H3,(H,23,26)(H,25,27). The van der Waals surface area contributed by atoms with Gasteiger partial charge in [-0.15, -0.1) is 0 Å². The monoisotopic (exact) mass is 379 g/mol. The summed E-state index contributed by atoms with van der Waals surface area (Å²) < 4.78 is 18.9. The van der Waals surface area contributed by atoms with Gasteiger partial charge < -0.3 is 15.4 Å². The van der Waals surface area contributed by atoms with Gasteiger partial charge >= 0.3 is 0 Å². The van der Waals surface area contributed by atoms with Crippen molar-refractivity contribution in [3.05, 3.63) is 89.5 Å². The van der Waals surface area contributed by atoms with Crippen molar-refractivity contribution < 1.29 is 18.7 Å². The number of carbonyl (C=O) groups is 2. The molecule has 7 heteroatoms. The van der Waals surface area contributed by atoms with E-state index in [4.69, 9.17) is 4.74 Å². The summed E-state index contributed by atoms with van der Waals surface area (Å²) in [5.41, 5.74) is 0.941. The largest absolute Gasteiger partial charge is 0.496 e. The van der Waals surface area contributed by atoms with E-state index in [2.05, 4.69) is 15.6 Å². The van der Waals surface area contributed by atoms with Gasteiger partial charge in [-0.3, -0.25) is 9.59 Å². The average Bonchev–Trinajstić information content (AvgIpc) is 2.74. The highest BCUT2D eigenvalue weighted by molar-refractivity contribution is 6.03. The third-order valence-electron chi connectivity index (χ3n) is 3.97. The highest BCUT2D eigenvalue weighted by Gasteiger charge is 2.14. The van der Waals surface area contributed by atoms with Crippen LogP contribution in [0.1, 0.15) is 26.5 Å². The number of nitrogens with zero attached hydrogens (tertiary/aromatic N) is 1. The van der Waals surface area contributed by atoms with Crippen molar-refractivity contribution in [2.45, 2.75) is 6.54 Å². The van der Waals surface area contributed by atoms with Crippen molar-refractivity contribution in [3.8, 4) is 5.75 Å². The van der Waals surface area contributed by atoms with Crippen LogP contribution in [0.3, 0.4) is 0 Å². The van der Waals surface area contributed by atoms with Crippen LogP contribution in [0.2, 0.25) is 0 Å². The van der Waals surface area contributed by atoms with Gasteiger partial charge in [0.05, 0.1) is 12.8 Å². The molecule has 0 aliphatic rings. The van der Waals surface area contributed by atoms with Crippen LogP contribution in [-0.4, -0.2) is 23.9 Å². The third-order valence-corrected chi connectivity index (χ3v) is 3.97. The van der Waals surface area contributed by atoms with Gasteiger partial charge in [-0.25, -0.2) is 9.37 Å². The van der Waals surface area contributed by atoms with Crippen molar-refractivity contribution in [3.63, 3.8) is 0 Å². The minimum absolute atomic E-state index is 0.00759. The molecule has 2 amide bonds. The van der Waals surface area contributed by atoms with Crippen LogP contribution in [0, 0.1) is 5.82 Å². The van der Waals surface area contributed by atoms with Crippen LogP contribution in [0.5, 0.6) is 5.75 Å². The lowest BCUT2D eigenvalue weighted by Crippen LogP contribution is -2.25. The second-order valence-electron chi connectivity index (χ2n) is 5.84. The summed E-state index contributed by atoms with van der Waals surface area (Å²) in [6.07, 6.45) is 0. The molecule has 0 saturated carbocycles. The molecule has 6 nitrogen and oxygen atoms in total. The molecule has 1 heterocycles. The number of ether oxygens (including phenoxy) is 1. The fourth-order valence-electron chi connectivity index (χ4n) is 2.55. The highest BCUT2D eigenvalue weighted by Crippen LogP contribution is 2.17. The van der Waals surface area contributed by atoms with Crippen molar-refractivity contribution in [1.29, 1.82) is 0 Å². The number of amides is 2. The van der Waals surface area contributed by atoms with Gasteiger partial charge in [-0.2, -0.15) is 0 Å². The Kier molecular flexibility index (Phi) is 5.96. The number of carbonyl (C=O) groups excluding carboxylic acids is 2. The molecular weight excluding hydrogens is 361 g/mol. The predicted octanol–water partition coefficient (Wildman–Crippen LogP) is 3.41. The van der Waals surface area contributed by atoms with E-state index in [0.29, 0.717) is 5.75 Å². The number of para-hydroxylation sites is 2. The van der Waals surface area contributed by atoms with Gasteiger partial charge in [-0.05, 0) is 30.3 Å². The summed E-state index contributed by atoms with van der Waals surface area (Å²) in [5.74, 6) is -0.939. The minimum Gasteiger partial charge on any atom is -0.496 e. The number of hydrogen-bond acceptors (Lipinski definition) is 4. The molecule has 0 bridgehead atoms. The Balaban J connectivity index is 1.69. The molecule has 0 aliphatic heterocycles. The maximum atomic E-state index is 13.7. The Hall–Kier alpha value is -3.74. The minimum atomic E-state index is -0.607. The number of pyridine rings is 1. The zero-order chi connectivity index (χ0) is 19.9. The van der Waals surface area contributed by atoms with E-state index in [1.54, 1.807) is 25.3 Å². The molecular formula is C21H18FN3O3. The summed E-state index contributed by atoms with van der Waals surface area (Å²) >= 11 is 0. The number of methoxy groups -OCH3 is 1. The van der Waals surface area contributed by atoms with E-state index in [1.165, 1.54) is 30.3 Å². The highest BCUT2D eigenvalue weighted by atomic mass is 19.1. The summed E-state index contributed by atoms with van der Waals surface area (Å²) in [7, 11) is 1.56. The molecule has 0 unspecified atom stereocenters. The molecule has 0 radical (unpaired) electrons. The number of aromatic nitrogens is 1. The van der Waals surface area contributed by atoms with Crippen LogP contribution in [-0.2, 0) is 6.54 Å². The van der Waals surface area contributed by atoms with E-state index in [9.17, 15) is 14.0 Å². The first-order valence-corrected chi connectivity index (χ1v) is 8.51. The summed E-state index contributed by atoms with van der Waals surface area (Å²) in [4.78, 5) is 28.8. The van der Waals surface area contributed by atoms with Crippen LogP contribution in [0.15, 0.2) is 66.7 Å². The number of benzene rings is 2. The van der Waals surface area contributed by atoms with Crippen molar-refractivity contribution >= 4 is 17.5 Å². The Morgan fingerprint density at radius 3 is 2.36 bits per heavy atom. The predicted molar refractivity (Wildman–Crippen MR) is 103 cm³/mol. The van der Waals surface area contributed by atoms with Crippen molar-refractivity contribution in [1.82, 2.24) is 10.3 Å². The SMILES string of the molecule is COc1ccccc1CNC(=O)c1cccc(C(=O)Nc2ccccc2F)n1. The van der Waals surface area contributed by atoms with Crippen LogP contribution < -0.4 is 15.4 Å². The molecule has 3 aromatic rings. The average molecular weight is 379 g/mol. The smallest absolute Gasteiger partial charge is 0.274 e. The fourth-order valence-corrected chi connectivity index (χ4v) is 2.55. The van der Waals surface area contributed by atoms with Gasteiger partial charge in [0.1, 0.15) is 23.0 Å². The molecule has 28 heavy (non-hydrogen) atoms. The van der Waals surface area contributed by atoms with Gasteiger partial charge in [0.25, 0.3) is 11.8 Å². The normalized spacial score (nSPS) is 10.2. The number of nitrogens with one attached hydrogen (secondary N) is 2. The molecule has 0 spiro atoms. The van der Waals surface area contributed by atoms with E-state index in [1.807, 2.05) is 18.2 Å². The number of rotatable bonds is 6. The number of hydrogen-bond donors (Lipinski definition) is 2. The number of halogens is 1.